The van der Waals surface area contributed by atoms with Crippen molar-refractivity contribution in [3.8, 4) is 0 Å². The molecule has 1 N–H and O–H groups in total. The molecule has 0 aromatic heterocycles. The molecule has 0 bridgehead atoms. The van der Waals surface area contributed by atoms with Gasteiger partial charge in [-0.2, -0.15) is 0 Å². The second-order valence-electron chi connectivity index (χ2n) is 7.95. The van der Waals surface area contributed by atoms with Crippen molar-refractivity contribution in [2.75, 3.05) is 39.3 Å². The molecule has 2 heterocycles. The third kappa shape index (κ3) is 6.42. The Hall–Kier alpha value is -0.610. The van der Waals surface area contributed by atoms with Gasteiger partial charge in [0.25, 0.3) is 0 Å². The van der Waals surface area contributed by atoms with Gasteiger partial charge < -0.3 is 15.1 Å². The van der Waals surface area contributed by atoms with E-state index >= 15 is 0 Å². The molecule has 2 saturated heterocycles. The summed E-state index contributed by atoms with van der Waals surface area (Å²) >= 11 is 0. The number of nitrogens with one attached hydrogen (secondary N) is 1. The van der Waals surface area contributed by atoms with Gasteiger partial charge in [-0.1, -0.05) is 26.7 Å². The normalized spacial score (nSPS) is 23.0. The van der Waals surface area contributed by atoms with Crippen LogP contribution in [0.1, 0.15) is 59.3 Å². The minimum atomic E-state index is 0.137. The molecule has 0 aliphatic carbocycles. The highest BCUT2D eigenvalue weighted by Gasteiger charge is 2.24. The van der Waals surface area contributed by atoms with Crippen molar-refractivity contribution in [2.24, 2.45) is 11.8 Å². The molecule has 23 heavy (non-hydrogen) atoms. The van der Waals surface area contributed by atoms with Crippen molar-refractivity contribution in [1.82, 2.24) is 15.1 Å². The molecule has 1 atom stereocenters. The SMILES string of the molecule is CC(C)C(=O)N1CCC(CN[C@@H](C)CN2CCCCCC2)CC1. The van der Waals surface area contributed by atoms with E-state index in [9.17, 15) is 4.79 Å². The molecule has 0 saturated carbocycles. The first-order valence-corrected chi connectivity index (χ1v) is 9.80. The Morgan fingerprint density at radius 2 is 1.61 bits per heavy atom. The first-order chi connectivity index (χ1) is 11.1. The van der Waals surface area contributed by atoms with E-state index in [0.717, 1.165) is 38.4 Å². The summed E-state index contributed by atoms with van der Waals surface area (Å²) in [4.78, 5) is 16.7. The second-order valence-corrected chi connectivity index (χ2v) is 7.95. The number of rotatable bonds is 6. The van der Waals surface area contributed by atoms with Gasteiger partial charge >= 0.3 is 0 Å². The molecule has 1 amide bonds. The zero-order chi connectivity index (χ0) is 16.7. The molecule has 0 aromatic rings. The smallest absolute Gasteiger partial charge is 0.225 e. The number of amides is 1. The molecule has 0 spiro atoms. The van der Waals surface area contributed by atoms with Crippen LogP contribution in [0, 0.1) is 11.8 Å². The van der Waals surface area contributed by atoms with Gasteiger partial charge in [0.2, 0.25) is 5.91 Å². The van der Waals surface area contributed by atoms with Crippen molar-refractivity contribution in [3.63, 3.8) is 0 Å². The summed E-state index contributed by atoms with van der Waals surface area (Å²) in [6, 6.07) is 0.573. The minimum Gasteiger partial charge on any atom is -0.342 e. The Bertz CT molecular complexity index is 343. The Balaban J connectivity index is 1.61. The summed E-state index contributed by atoms with van der Waals surface area (Å²) in [6.45, 7) is 13.1. The molecular weight excluding hydrogens is 286 g/mol. The number of likely N-dealkylation sites (tertiary alicyclic amines) is 2. The topological polar surface area (TPSA) is 35.6 Å². The maximum Gasteiger partial charge on any atom is 0.225 e. The summed E-state index contributed by atoms with van der Waals surface area (Å²) < 4.78 is 0. The lowest BCUT2D eigenvalue weighted by Crippen LogP contribution is -2.45. The van der Waals surface area contributed by atoms with E-state index in [4.69, 9.17) is 0 Å². The standard InChI is InChI=1S/C19H37N3O/c1-16(2)19(23)22-12-8-18(9-13-22)14-20-17(3)15-21-10-6-4-5-7-11-21/h16-18,20H,4-15H2,1-3H3/t17-/m0/s1. The summed E-state index contributed by atoms with van der Waals surface area (Å²) in [5, 5.41) is 3.74. The second kappa shape index (κ2) is 9.63. The third-order valence-electron chi connectivity index (χ3n) is 5.41. The quantitative estimate of drug-likeness (QED) is 0.816. The van der Waals surface area contributed by atoms with Crippen LogP contribution in [0.5, 0.6) is 0 Å². The van der Waals surface area contributed by atoms with E-state index < -0.39 is 0 Å². The average molecular weight is 324 g/mol. The van der Waals surface area contributed by atoms with Crippen LogP contribution in [0.4, 0.5) is 0 Å². The molecule has 4 heteroatoms. The highest BCUT2D eigenvalue weighted by atomic mass is 16.2. The van der Waals surface area contributed by atoms with Crippen molar-refractivity contribution < 1.29 is 4.79 Å². The Labute approximate surface area is 143 Å². The first kappa shape index (κ1) is 18.7. The van der Waals surface area contributed by atoms with Gasteiger partial charge in [0.1, 0.15) is 0 Å². The zero-order valence-corrected chi connectivity index (χ0v) is 15.5. The molecule has 0 unspecified atom stereocenters. The summed E-state index contributed by atoms with van der Waals surface area (Å²) in [7, 11) is 0. The molecule has 2 fully saturated rings. The number of piperidine rings is 1. The Morgan fingerprint density at radius 1 is 1.00 bits per heavy atom. The summed E-state index contributed by atoms with van der Waals surface area (Å²) in [6.07, 6.45) is 7.87. The lowest BCUT2D eigenvalue weighted by Gasteiger charge is -2.34. The van der Waals surface area contributed by atoms with Crippen LogP contribution in [0.15, 0.2) is 0 Å². The molecule has 2 aliphatic heterocycles. The predicted octanol–water partition coefficient (Wildman–Crippen LogP) is 2.74. The van der Waals surface area contributed by atoms with Gasteiger partial charge in [0.15, 0.2) is 0 Å². The molecule has 134 valence electrons. The van der Waals surface area contributed by atoms with Crippen molar-refractivity contribution in [1.29, 1.82) is 0 Å². The monoisotopic (exact) mass is 323 g/mol. The van der Waals surface area contributed by atoms with Gasteiger partial charge in [-0.25, -0.2) is 0 Å². The first-order valence-electron chi connectivity index (χ1n) is 9.80. The van der Waals surface area contributed by atoms with Crippen LogP contribution in [0.3, 0.4) is 0 Å². The van der Waals surface area contributed by atoms with Crippen LogP contribution >= 0.6 is 0 Å². The predicted molar refractivity (Wildman–Crippen MR) is 96.5 cm³/mol. The number of hydrogen-bond donors (Lipinski definition) is 1. The van der Waals surface area contributed by atoms with Crippen molar-refractivity contribution in [2.45, 2.75) is 65.3 Å². The van der Waals surface area contributed by atoms with E-state index in [2.05, 4.69) is 22.0 Å². The van der Waals surface area contributed by atoms with Crippen LogP contribution < -0.4 is 5.32 Å². The fraction of sp³-hybridized carbons (Fsp3) is 0.947. The van der Waals surface area contributed by atoms with Crippen LogP contribution in [0.2, 0.25) is 0 Å². The minimum absolute atomic E-state index is 0.137. The molecular formula is C19H37N3O. The van der Waals surface area contributed by atoms with E-state index in [-0.39, 0.29) is 5.92 Å². The van der Waals surface area contributed by atoms with Gasteiger partial charge in [-0.05, 0) is 58.2 Å². The van der Waals surface area contributed by atoms with E-state index in [0.29, 0.717) is 11.9 Å². The van der Waals surface area contributed by atoms with Gasteiger partial charge in [0.05, 0.1) is 0 Å². The Morgan fingerprint density at radius 3 is 2.17 bits per heavy atom. The van der Waals surface area contributed by atoms with Gasteiger partial charge in [0, 0.05) is 31.6 Å². The lowest BCUT2D eigenvalue weighted by atomic mass is 9.95. The molecule has 4 nitrogen and oxygen atoms in total. The Kier molecular flexibility index (Phi) is 7.84. The largest absolute Gasteiger partial charge is 0.342 e. The van der Waals surface area contributed by atoms with Crippen molar-refractivity contribution in [3.05, 3.63) is 0 Å². The van der Waals surface area contributed by atoms with Crippen molar-refractivity contribution >= 4 is 5.91 Å². The summed E-state index contributed by atoms with van der Waals surface area (Å²) in [5.41, 5.74) is 0. The highest BCUT2D eigenvalue weighted by Crippen LogP contribution is 2.18. The maximum absolute atomic E-state index is 12.0. The van der Waals surface area contributed by atoms with Gasteiger partial charge in [-0.3, -0.25) is 4.79 Å². The fourth-order valence-electron chi connectivity index (χ4n) is 3.86. The zero-order valence-electron chi connectivity index (χ0n) is 15.5. The highest BCUT2D eigenvalue weighted by molar-refractivity contribution is 5.78. The number of hydrogen-bond acceptors (Lipinski definition) is 3. The third-order valence-corrected chi connectivity index (χ3v) is 5.41. The van der Waals surface area contributed by atoms with E-state index in [1.165, 1.54) is 45.3 Å². The van der Waals surface area contributed by atoms with E-state index in [1.54, 1.807) is 0 Å². The van der Waals surface area contributed by atoms with Crippen LogP contribution in [-0.2, 0) is 4.79 Å². The lowest BCUT2D eigenvalue weighted by molar-refractivity contribution is -0.135. The van der Waals surface area contributed by atoms with E-state index in [1.807, 2.05) is 13.8 Å². The average Bonchev–Trinajstić information content (AvgIpc) is 2.81. The number of carbonyl (C=O) groups is 1. The molecule has 2 rings (SSSR count). The fourth-order valence-corrected chi connectivity index (χ4v) is 3.86. The maximum atomic E-state index is 12.0. The molecule has 0 radical (unpaired) electrons. The number of carbonyl (C=O) groups excluding carboxylic acids is 1. The molecule has 0 aromatic carbocycles. The van der Waals surface area contributed by atoms with Crippen LogP contribution in [0.25, 0.3) is 0 Å². The number of nitrogens with zero attached hydrogens (tertiary/aromatic N) is 2. The summed E-state index contributed by atoms with van der Waals surface area (Å²) in [5.74, 6) is 1.20. The van der Waals surface area contributed by atoms with Crippen LogP contribution in [-0.4, -0.2) is 61.0 Å². The molecule has 2 aliphatic rings. The van der Waals surface area contributed by atoms with Gasteiger partial charge in [-0.15, -0.1) is 0 Å².